The van der Waals surface area contributed by atoms with Gasteiger partial charge in [0.25, 0.3) is 0 Å². The van der Waals surface area contributed by atoms with Gasteiger partial charge in [0.05, 0.1) is 13.2 Å². The quantitative estimate of drug-likeness (QED) is 0.913. The van der Waals surface area contributed by atoms with Crippen LogP contribution in [0.5, 0.6) is 5.75 Å². The van der Waals surface area contributed by atoms with Crippen LogP contribution in [0.15, 0.2) is 18.2 Å². The Balaban J connectivity index is 2.57. The summed E-state index contributed by atoms with van der Waals surface area (Å²) in [6.07, 6.45) is 0.330. The number of methoxy groups -OCH3 is 1. The minimum absolute atomic E-state index is 0.0528. The van der Waals surface area contributed by atoms with Crippen molar-refractivity contribution in [2.75, 3.05) is 7.11 Å². The van der Waals surface area contributed by atoms with Crippen molar-refractivity contribution >= 4 is 17.5 Å². The van der Waals surface area contributed by atoms with E-state index in [1.54, 1.807) is 13.2 Å². The molecule has 0 radical (unpaired) electrons. The van der Waals surface area contributed by atoms with Gasteiger partial charge in [0.15, 0.2) is 0 Å². The van der Waals surface area contributed by atoms with E-state index in [2.05, 4.69) is 0 Å². The van der Waals surface area contributed by atoms with E-state index in [4.69, 9.17) is 22.1 Å². The lowest BCUT2D eigenvalue weighted by Crippen LogP contribution is -2.45. The highest BCUT2D eigenvalue weighted by atomic mass is 35.5. The van der Waals surface area contributed by atoms with Crippen molar-refractivity contribution in [3.63, 3.8) is 0 Å². The van der Waals surface area contributed by atoms with Gasteiger partial charge in [0.2, 0.25) is 5.91 Å². The number of nitrogens with zero attached hydrogens (tertiary/aromatic N) is 1. The molecule has 20 heavy (non-hydrogen) atoms. The summed E-state index contributed by atoms with van der Waals surface area (Å²) in [5.74, 6) is 0.721. The molecule has 0 bridgehead atoms. The monoisotopic (exact) mass is 296 g/mol. The van der Waals surface area contributed by atoms with Crippen LogP contribution in [0.3, 0.4) is 0 Å². The van der Waals surface area contributed by atoms with Crippen molar-refractivity contribution in [3.8, 4) is 5.75 Å². The van der Waals surface area contributed by atoms with Crippen LogP contribution in [0, 0.1) is 0 Å². The summed E-state index contributed by atoms with van der Waals surface area (Å²) in [6, 6.07) is 4.93. The molecule has 2 rings (SSSR count). The maximum atomic E-state index is 12.3. The molecule has 0 aromatic heterocycles. The van der Waals surface area contributed by atoms with Crippen molar-refractivity contribution in [1.82, 2.24) is 4.90 Å². The standard InChI is InChI=1S/C15H21ClN2O2/c1-15(2,3)18-12(19)8-10(17)14(18)13-9(16)6-5-7-11(13)20-4/h5-7,10,14H,8,17H2,1-4H3. The first-order valence-electron chi connectivity index (χ1n) is 6.67. The van der Waals surface area contributed by atoms with E-state index in [0.29, 0.717) is 17.2 Å². The summed E-state index contributed by atoms with van der Waals surface area (Å²) in [4.78, 5) is 14.1. The number of halogens is 1. The summed E-state index contributed by atoms with van der Waals surface area (Å²) >= 11 is 6.34. The van der Waals surface area contributed by atoms with Crippen LogP contribution in [-0.4, -0.2) is 29.5 Å². The number of carbonyl (C=O) groups is 1. The van der Waals surface area contributed by atoms with E-state index in [0.717, 1.165) is 5.56 Å². The van der Waals surface area contributed by atoms with Crippen LogP contribution < -0.4 is 10.5 Å². The Morgan fingerprint density at radius 3 is 2.60 bits per heavy atom. The first kappa shape index (κ1) is 15.1. The SMILES string of the molecule is COc1cccc(Cl)c1C1C(N)CC(=O)N1C(C)(C)C. The number of ether oxygens (including phenoxy) is 1. The molecule has 1 heterocycles. The van der Waals surface area contributed by atoms with Crippen LogP contribution in [-0.2, 0) is 4.79 Å². The fourth-order valence-electron chi connectivity index (χ4n) is 2.88. The Bertz CT molecular complexity index is 525. The first-order chi connectivity index (χ1) is 9.27. The summed E-state index contributed by atoms with van der Waals surface area (Å²) in [5, 5.41) is 0.578. The van der Waals surface area contributed by atoms with Crippen molar-refractivity contribution in [3.05, 3.63) is 28.8 Å². The second kappa shape index (κ2) is 5.26. The number of likely N-dealkylation sites (tertiary alicyclic amines) is 1. The third-order valence-electron chi connectivity index (χ3n) is 3.61. The zero-order valence-corrected chi connectivity index (χ0v) is 13.1. The van der Waals surface area contributed by atoms with Crippen LogP contribution in [0.25, 0.3) is 0 Å². The number of hydrogen-bond donors (Lipinski definition) is 1. The van der Waals surface area contributed by atoms with Crippen molar-refractivity contribution < 1.29 is 9.53 Å². The predicted octanol–water partition coefficient (Wildman–Crippen LogP) is 2.75. The number of amides is 1. The van der Waals surface area contributed by atoms with Crippen LogP contribution in [0.1, 0.15) is 38.8 Å². The van der Waals surface area contributed by atoms with Crippen LogP contribution in [0.2, 0.25) is 5.02 Å². The fraction of sp³-hybridized carbons (Fsp3) is 0.533. The van der Waals surface area contributed by atoms with Gasteiger partial charge in [-0.3, -0.25) is 4.79 Å². The molecule has 110 valence electrons. The maximum absolute atomic E-state index is 12.3. The van der Waals surface area contributed by atoms with E-state index in [9.17, 15) is 4.79 Å². The van der Waals surface area contributed by atoms with Crippen LogP contribution in [0.4, 0.5) is 0 Å². The molecule has 0 aliphatic carbocycles. The molecule has 2 unspecified atom stereocenters. The van der Waals surface area contributed by atoms with Gasteiger partial charge < -0.3 is 15.4 Å². The van der Waals surface area contributed by atoms with Gasteiger partial charge in [0, 0.05) is 28.6 Å². The largest absolute Gasteiger partial charge is 0.496 e. The Morgan fingerprint density at radius 2 is 2.05 bits per heavy atom. The lowest BCUT2D eigenvalue weighted by molar-refractivity contribution is -0.133. The Labute approximate surface area is 124 Å². The summed E-state index contributed by atoms with van der Waals surface area (Å²) in [7, 11) is 1.60. The molecular weight excluding hydrogens is 276 g/mol. The molecule has 2 N–H and O–H groups in total. The summed E-state index contributed by atoms with van der Waals surface area (Å²) in [6.45, 7) is 6.00. The van der Waals surface area contributed by atoms with Gasteiger partial charge in [-0.15, -0.1) is 0 Å². The smallest absolute Gasteiger partial charge is 0.225 e. The number of carbonyl (C=O) groups excluding carboxylic acids is 1. The average Bonchev–Trinajstić information content (AvgIpc) is 2.63. The van der Waals surface area contributed by atoms with Crippen LogP contribution >= 0.6 is 11.6 Å². The molecule has 2 atom stereocenters. The van der Waals surface area contributed by atoms with E-state index in [1.807, 2.05) is 37.8 Å². The highest BCUT2D eigenvalue weighted by Gasteiger charge is 2.45. The average molecular weight is 297 g/mol. The molecule has 1 aliphatic rings. The van der Waals surface area contributed by atoms with Crippen molar-refractivity contribution in [2.45, 2.75) is 44.8 Å². The molecule has 0 spiro atoms. The lowest BCUT2D eigenvalue weighted by Gasteiger charge is -2.39. The van der Waals surface area contributed by atoms with Crippen molar-refractivity contribution in [1.29, 1.82) is 0 Å². The highest BCUT2D eigenvalue weighted by molar-refractivity contribution is 6.31. The summed E-state index contributed by atoms with van der Waals surface area (Å²) in [5.41, 5.74) is 6.68. The van der Waals surface area contributed by atoms with E-state index >= 15 is 0 Å². The molecule has 1 aromatic rings. The van der Waals surface area contributed by atoms with E-state index in [-0.39, 0.29) is 23.5 Å². The highest BCUT2D eigenvalue weighted by Crippen LogP contribution is 2.43. The lowest BCUT2D eigenvalue weighted by atomic mass is 9.96. The minimum atomic E-state index is -0.319. The van der Waals surface area contributed by atoms with Gasteiger partial charge in [-0.1, -0.05) is 17.7 Å². The van der Waals surface area contributed by atoms with Gasteiger partial charge in [-0.05, 0) is 32.9 Å². The molecule has 4 nitrogen and oxygen atoms in total. The second-order valence-electron chi connectivity index (χ2n) is 6.10. The maximum Gasteiger partial charge on any atom is 0.225 e. The minimum Gasteiger partial charge on any atom is -0.496 e. The number of hydrogen-bond acceptors (Lipinski definition) is 3. The predicted molar refractivity (Wildman–Crippen MR) is 79.9 cm³/mol. The molecule has 1 amide bonds. The number of benzene rings is 1. The normalized spacial score (nSPS) is 23.3. The Hall–Kier alpha value is -1.26. The molecule has 5 heteroatoms. The van der Waals surface area contributed by atoms with Gasteiger partial charge in [0.1, 0.15) is 5.75 Å². The second-order valence-corrected chi connectivity index (χ2v) is 6.51. The van der Waals surface area contributed by atoms with Gasteiger partial charge in [-0.2, -0.15) is 0 Å². The Kier molecular flexibility index (Phi) is 3.98. The molecule has 1 fully saturated rings. The molecule has 1 aliphatic heterocycles. The molecule has 1 saturated heterocycles. The number of rotatable bonds is 2. The zero-order valence-electron chi connectivity index (χ0n) is 12.3. The summed E-state index contributed by atoms with van der Waals surface area (Å²) < 4.78 is 5.41. The zero-order chi connectivity index (χ0) is 15.1. The first-order valence-corrected chi connectivity index (χ1v) is 7.05. The third-order valence-corrected chi connectivity index (χ3v) is 3.94. The van der Waals surface area contributed by atoms with E-state index in [1.165, 1.54) is 0 Å². The fourth-order valence-corrected chi connectivity index (χ4v) is 3.15. The topological polar surface area (TPSA) is 55.6 Å². The van der Waals surface area contributed by atoms with E-state index < -0.39 is 0 Å². The number of nitrogens with two attached hydrogens (primary N) is 1. The Morgan fingerprint density at radius 1 is 1.40 bits per heavy atom. The molecule has 1 aromatic carbocycles. The van der Waals surface area contributed by atoms with Crippen molar-refractivity contribution in [2.24, 2.45) is 5.73 Å². The molecular formula is C15H21ClN2O2. The molecule has 0 saturated carbocycles. The van der Waals surface area contributed by atoms with Gasteiger partial charge in [-0.25, -0.2) is 0 Å². The van der Waals surface area contributed by atoms with Gasteiger partial charge >= 0.3 is 0 Å². The third kappa shape index (κ3) is 2.50.